The third-order valence-electron chi connectivity index (χ3n) is 1.65. The Labute approximate surface area is 64.6 Å². The molecule has 0 heterocycles. The molecule has 1 unspecified atom stereocenters. The van der Waals surface area contributed by atoms with Crippen molar-refractivity contribution in [1.82, 2.24) is 4.72 Å². The molecule has 0 aromatic carbocycles. The molecule has 4 heteroatoms. The summed E-state index contributed by atoms with van der Waals surface area (Å²) in [4.78, 5) is 0. The fourth-order valence-corrected chi connectivity index (χ4v) is 1.14. The molecule has 0 radical (unpaired) electrons. The third-order valence-corrected chi connectivity index (χ3v) is 2.06. The fraction of sp³-hybridized carbons (Fsp3) is 1.00. The quantitative estimate of drug-likeness (QED) is 0.600. The fourth-order valence-electron chi connectivity index (χ4n) is 0.766. The second-order valence-electron chi connectivity index (χ2n) is 2.28. The van der Waals surface area contributed by atoms with Crippen molar-refractivity contribution < 1.29 is 8.76 Å². The van der Waals surface area contributed by atoms with E-state index in [0.29, 0.717) is 12.5 Å². The highest BCUT2D eigenvalue weighted by atomic mass is 32.2. The predicted molar refractivity (Wildman–Crippen MR) is 42.8 cm³/mol. The van der Waals surface area contributed by atoms with Crippen LogP contribution in [0.3, 0.4) is 0 Å². The highest BCUT2D eigenvalue weighted by Crippen LogP contribution is 2.04. The van der Waals surface area contributed by atoms with Gasteiger partial charge < -0.3 is 0 Å². The lowest BCUT2D eigenvalue weighted by molar-refractivity contribution is 0.472. The van der Waals surface area contributed by atoms with E-state index in [-0.39, 0.29) is 0 Å². The van der Waals surface area contributed by atoms with Crippen molar-refractivity contribution in [2.24, 2.45) is 5.92 Å². The molecule has 62 valence electrons. The summed E-state index contributed by atoms with van der Waals surface area (Å²) in [5, 5.41) is 0. The molecule has 0 aliphatic heterocycles. The average molecular weight is 165 g/mol. The molecule has 0 saturated carbocycles. The van der Waals surface area contributed by atoms with E-state index in [1.807, 2.05) is 0 Å². The molecular formula is C6H15NO2S. The van der Waals surface area contributed by atoms with Crippen LogP contribution in [0.15, 0.2) is 0 Å². The molecule has 3 nitrogen and oxygen atoms in total. The van der Waals surface area contributed by atoms with Crippen LogP contribution in [0.1, 0.15) is 26.7 Å². The van der Waals surface area contributed by atoms with Gasteiger partial charge in [-0.05, 0) is 5.92 Å². The number of hydrogen-bond acceptors (Lipinski definition) is 1. The second kappa shape index (κ2) is 5.82. The SMILES string of the molecule is CCC(CC)CNS(=O)O. The first-order valence-electron chi connectivity index (χ1n) is 3.55. The Balaban J connectivity index is 3.34. The Bertz CT molecular complexity index is 104. The molecule has 0 aliphatic rings. The first-order chi connectivity index (χ1) is 4.70. The Kier molecular flexibility index (Phi) is 5.87. The van der Waals surface area contributed by atoms with Crippen molar-refractivity contribution in [3.05, 3.63) is 0 Å². The molecule has 0 bridgehead atoms. The second-order valence-corrected chi connectivity index (χ2v) is 3.07. The van der Waals surface area contributed by atoms with Crippen LogP contribution in [0.2, 0.25) is 0 Å². The van der Waals surface area contributed by atoms with E-state index in [1.54, 1.807) is 0 Å². The topological polar surface area (TPSA) is 49.3 Å². The van der Waals surface area contributed by atoms with Crippen LogP contribution in [-0.2, 0) is 11.3 Å². The van der Waals surface area contributed by atoms with Crippen molar-refractivity contribution in [1.29, 1.82) is 0 Å². The molecule has 0 aromatic heterocycles. The van der Waals surface area contributed by atoms with Gasteiger partial charge in [0.2, 0.25) is 11.3 Å². The zero-order valence-electron chi connectivity index (χ0n) is 6.46. The van der Waals surface area contributed by atoms with Crippen molar-refractivity contribution >= 4 is 11.3 Å². The summed E-state index contributed by atoms with van der Waals surface area (Å²) in [6.07, 6.45) is 2.11. The van der Waals surface area contributed by atoms with E-state index in [0.717, 1.165) is 12.8 Å². The maximum absolute atomic E-state index is 10.1. The summed E-state index contributed by atoms with van der Waals surface area (Å²) in [5.41, 5.74) is 0. The molecule has 0 aliphatic carbocycles. The Morgan fingerprint density at radius 2 is 2.00 bits per heavy atom. The molecule has 2 N–H and O–H groups in total. The van der Waals surface area contributed by atoms with Crippen LogP contribution in [0.5, 0.6) is 0 Å². The monoisotopic (exact) mass is 165 g/mol. The maximum atomic E-state index is 10.1. The number of nitrogens with one attached hydrogen (secondary N) is 1. The lowest BCUT2D eigenvalue weighted by Crippen LogP contribution is -2.23. The van der Waals surface area contributed by atoms with Crippen LogP contribution >= 0.6 is 0 Å². The summed E-state index contributed by atoms with van der Waals surface area (Å²) >= 11 is -1.84. The standard InChI is InChI=1S/C6H15NO2S/c1-3-6(4-2)5-7-10(8)9/h6-7H,3-5H2,1-2H3,(H,8,9). The smallest absolute Gasteiger partial charge is 0.231 e. The Morgan fingerprint density at radius 3 is 2.30 bits per heavy atom. The zero-order chi connectivity index (χ0) is 7.98. The van der Waals surface area contributed by atoms with Crippen LogP contribution in [0.25, 0.3) is 0 Å². The Hall–Kier alpha value is 0.0700. The van der Waals surface area contributed by atoms with Gasteiger partial charge in [0.15, 0.2) is 0 Å². The van der Waals surface area contributed by atoms with Gasteiger partial charge in [-0.1, -0.05) is 26.7 Å². The lowest BCUT2D eigenvalue weighted by Gasteiger charge is -2.09. The summed E-state index contributed by atoms with van der Waals surface area (Å²) in [6, 6.07) is 0. The highest BCUT2D eigenvalue weighted by molar-refractivity contribution is 7.77. The van der Waals surface area contributed by atoms with Gasteiger partial charge in [0, 0.05) is 6.54 Å². The molecule has 1 atom stereocenters. The van der Waals surface area contributed by atoms with Gasteiger partial charge in [-0.3, -0.25) is 4.55 Å². The minimum absolute atomic E-state index is 0.524. The van der Waals surface area contributed by atoms with Gasteiger partial charge in [-0.2, -0.15) is 0 Å². The van der Waals surface area contributed by atoms with Crippen LogP contribution in [0.4, 0.5) is 0 Å². The molecule has 0 amide bonds. The normalized spacial score (nSPS) is 14.0. The molecule has 0 saturated heterocycles. The molecule has 10 heavy (non-hydrogen) atoms. The minimum Gasteiger partial charge on any atom is -0.294 e. The molecular weight excluding hydrogens is 150 g/mol. The van der Waals surface area contributed by atoms with Crippen LogP contribution in [0, 0.1) is 5.92 Å². The largest absolute Gasteiger partial charge is 0.294 e. The van der Waals surface area contributed by atoms with E-state index in [1.165, 1.54) is 0 Å². The summed E-state index contributed by atoms with van der Waals surface area (Å²) in [5.74, 6) is 0.524. The van der Waals surface area contributed by atoms with Gasteiger partial charge in [-0.15, -0.1) is 0 Å². The summed E-state index contributed by atoms with van der Waals surface area (Å²) < 4.78 is 21.0. The first-order valence-corrected chi connectivity index (χ1v) is 4.65. The molecule has 0 spiro atoms. The van der Waals surface area contributed by atoms with E-state index in [2.05, 4.69) is 18.6 Å². The number of rotatable bonds is 5. The van der Waals surface area contributed by atoms with E-state index in [9.17, 15) is 4.21 Å². The van der Waals surface area contributed by atoms with Gasteiger partial charge in [0.25, 0.3) is 0 Å². The predicted octanol–water partition coefficient (Wildman–Crippen LogP) is 1.15. The summed E-state index contributed by atoms with van der Waals surface area (Å²) in [6.45, 7) is 4.79. The maximum Gasteiger partial charge on any atom is 0.231 e. The Morgan fingerprint density at radius 1 is 1.50 bits per heavy atom. The van der Waals surface area contributed by atoms with Gasteiger partial charge in [-0.25, -0.2) is 8.93 Å². The zero-order valence-corrected chi connectivity index (χ0v) is 7.28. The average Bonchev–Trinajstić information content (AvgIpc) is 1.90. The van der Waals surface area contributed by atoms with E-state index >= 15 is 0 Å². The minimum atomic E-state index is -1.84. The van der Waals surface area contributed by atoms with Crippen LogP contribution < -0.4 is 4.72 Å². The van der Waals surface area contributed by atoms with Crippen molar-refractivity contribution in [3.63, 3.8) is 0 Å². The molecule has 0 fully saturated rings. The highest BCUT2D eigenvalue weighted by Gasteiger charge is 2.02. The van der Waals surface area contributed by atoms with Crippen molar-refractivity contribution in [2.45, 2.75) is 26.7 Å². The van der Waals surface area contributed by atoms with Gasteiger partial charge in [0.1, 0.15) is 0 Å². The molecule has 0 aromatic rings. The lowest BCUT2D eigenvalue weighted by atomic mass is 10.0. The first kappa shape index (κ1) is 10.1. The number of hydrogen-bond donors (Lipinski definition) is 2. The van der Waals surface area contributed by atoms with E-state index < -0.39 is 11.3 Å². The van der Waals surface area contributed by atoms with Crippen molar-refractivity contribution in [3.8, 4) is 0 Å². The van der Waals surface area contributed by atoms with Gasteiger partial charge in [0.05, 0.1) is 0 Å². The van der Waals surface area contributed by atoms with E-state index in [4.69, 9.17) is 4.55 Å². The van der Waals surface area contributed by atoms with Crippen molar-refractivity contribution in [2.75, 3.05) is 6.54 Å². The summed E-state index contributed by atoms with van der Waals surface area (Å²) in [7, 11) is 0. The third kappa shape index (κ3) is 4.90. The van der Waals surface area contributed by atoms with Gasteiger partial charge >= 0.3 is 0 Å². The molecule has 0 rings (SSSR count). The van der Waals surface area contributed by atoms with Crippen LogP contribution in [-0.4, -0.2) is 15.3 Å².